The fourth-order valence-electron chi connectivity index (χ4n) is 2.14. The van der Waals surface area contributed by atoms with E-state index in [1.54, 1.807) is 6.08 Å². The largest absolute Gasteiger partial charge is 0.481 e. The molecule has 2 N–H and O–H groups in total. The third kappa shape index (κ3) is 16.7. The van der Waals surface area contributed by atoms with Crippen molar-refractivity contribution in [1.82, 2.24) is 0 Å². The van der Waals surface area contributed by atoms with Crippen molar-refractivity contribution >= 4 is 11.9 Å². The van der Waals surface area contributed by atoms with Crippen LogP contribution in [-0.4, -0.2) is 22.2 Å². The molecule has 0 bridgehead atoms. The highest BCUT2D eigenvalue weighted by atomic mass is 16.4. The van der Waals surface area contributed by atoms with Crippen molar-refractivity contribution < 1.29 is 19.8 Å². The van der Waals surface area contributed by atoms with Crippen LogP contribution in [0.4, 0.5) is 0 Å². The zero-order valence-corrected chi connectivity index (χ0v) is 12.4. The maximum Gasteiger partial charge on any atom is 0.327 e. The minimum atomic E-state index is -0.867. The van der Waals surface area contributed by atoms with Crippen molar-refractivity contribution in [3.8, 4) is 0 Å². The zero-order valence-electron chi connectivity index (χ0n) is 12.4. The van der Waals surface area contributed by atoms with Crippen LogP contribution in [0.2, 0.25) is 0 Å². The molecule has 0 aromatic rings. The predicted octanol–water partition coefficient (Wildman–Crippen LogP) is 4.39. The molecule has 0 spiro atoms. The molecule has 0 aromatic carbocycles. The van der Waals surface area contributed by atoms with Crippen LogP contribution in [-0.2, 0) is 9.59 Å². The average molecular weight is 284 g/mol. The average Bonchev–Trinajstić information content (AvgIpc) is 2.38. The molecule has 0 unspecified atom stereocenters. The van der Waals surface area contributed by atoms with Gasteiger partial charge in [0.05, 0.1) is 0 Å². The summed E-state index contributed by atoms with van der Waals surface area (Å²) in [6.45, 7) is 0. The highest BCUT2D eigenvalue weighted by Crippen LogP contribution is 2.12. The Balaban J connectivity index is 3.06. The Kier molecular flexibility index (Phi) is 13.2. The van der Waals surface area contributed by atoms with Crippen LogP contribution in [0.1, 0.15) is 77.0 Å². The number of hydrogen-bond donors (Lipinski definition) is 2. The van der Waals surface area contributed by atoms with E-state index in [0.29, 0.717) is 6.42 Å². The minimum Gasteiger partial charge on any atom is -0.481 e. The zero-order chi connectivity index (χ0) is 15.1. The van der Waals surface area contributed by atoms with Gasteiger partial charge in [-0.05, 0) is 19.3 Å². The molecule has 20 heavy (non-hydrogen) atoms. The molecule has 0 radical (unpaired) electrons. The first-order valence-electron chi connectivity index (χ1n) is 7.74. The van der Waals surface area contributed by atoms with Gasteiger partial charge in [0.15, 0.2) is 0 Å². The highest BCUT2D eigenvalue weighted by molar-refractivity contribution is 5.79. The smallest absolute Gasteiger partial charge is 0.327 e. The maximum absolute atomic E-state index is 10.3. The molecule has 116 valence electrons. The lowest BCUT2D eigenvalue weighted by Crippen LogP contribution is -1.93. The van der Waals surface area contributed by atoms with Crippen LogP contribution in [0.3, 0.4) is 0 Å². The van der Waals surface area contributed by atoms with Gasteiger partial charge in [0.2, 0.25) is 0 Å². The molecule has 0 aliphatic carbocycles. The molecule has 0 atom stereocenters. The van der Waals surface area contributed by atoms with Crippen LogP contribution in [0.5, 0.6) is 0 Å². The molecule has 0 amide bonds. The Morgan fingerprint density at radius 1 is 0.700 bits per heavy atom. The van der Waals surface area contributed by atoms with Crippen molar-refractivity contribution in [2.75, 3.05) is 0 Å². The SMILES string of the molecule is O=C(O)/C=C\CCCCCCCCCCCCC(=O)O. The van der Waals surface area contributed by atoms with Gasteiger partial charge >= 0.3 is 11.9 Å². The summed E-state index contributed by atoms with van der Waals surface area (Å²) in [6, 6.07) is 0. The molecule has 0 heterocycles. The van der Waals surface area contributed by atoms with Crippen LogP contribution < -0.4 is 0 Å². The quantitative estimate of drug-likeness (QED) is 0.366. The third-order valence-corrected chi connectivity index (χ3v) is 3.27. The molecule has 0 saturated carbocycles. The number of rotatable bonds is 14. The van der Waals surface area contributed by atoms with Gasteiger partial charge in [0, 0.05) is 12.5 Å². The molecule has 4 heteroatoms. The molecule has 0 fully saturated rings. The number of hydrogen-bond acceptors (Lipinski definition) is 2. The number of carbonyl (C=O) groups is 2. The van der Waals surface area contributed by atoms with Gasteiger partial charge < -0.3 is 10.2 Å². The van der Waals surface area contributed by atoms with E-state index in [4.69, 9.17) is 10.2 Å². The highest BCUT2D eigenvalue weighted by Gasteiger charge is 1.96. The first-order valence-corrected chi connectivity index (χ1v) is 7.74. The number of allylic oxidation sites excluding steroid dienone is 1. The van der Waals surface area contributed by atoms with Gasteiger partial charge in [-0.15, -0.1) is 0 Å². The standard InChI is InChI=1S/C16H28O4/c17-15(18)13-11-9-7-5-3-1-2-4-6-8-10-12-14-16(19)20/h11,13H,1-10,12,14H2,(H,17,18)(H,19,20)/b13-11-. The molecule has 4 nitrogen and oxygen atoms in total. The Bertz CT molecular complexity index is 284. The van der Waals surface area contributed by atoms with Crippen LogP contribution in [0.15, 0.2) is 12.2 Å². The lowest BCUT2D eigenvalue weighted by molar-refractivity contribution is -0.137. The molecular formula is C16H28O4. The van der Waals surface area contributed by atoms with E-state index in [9.17, 15) is 9.59 Å². The minimum absolute atomic E-state index is 0.302. The topological polar surface area (TPSA) is 74.6 Å². The Labute approximate surface area is 121 Å². The fraction of sp³-hybridized carbons (Fsp3) is 0.750. The molecule has 0 aliphatic rings. The number of unbranched alkanes of at least 4 members (excludes halogenated alkanes) is 10. The molecule has 0 saturated heterocycles. The van der Waals surface area contributed by atoms with E-state index in [1.807, 2.05) is 0 Å². The number of aliphatic carboxylic acids is 2. The second-order valence-corrected chi connectivity index (χ2v) is 5.21. The van der Waals surface area contributed by atoms with Gasteiger partial charge in [0.25, 0.3) is 0 Å². The van der Waals surface area contributed by atoms with E-state index in [1.165, 1.54) is 44.6 Å². The van der Waals surface area contributed by atoms with Gasteiger partial charge in [0.1, 0.15) is 0 Å². The Hall–Kier alpha value is -1.32. The monoisotopic (exact) mass is 284 g/mol. The second kappa shape index (κ2) is 14.1. The summed E-state index contributed by atoms with van der Waals surface area (Å²) in [5.74, 6) is -1.56. The lowest BCUT2D eigenvalue weighted by Gasteiger charge is -2.01. The number of carboxylic acids is 2. The van der Waals surface area contributed by atoms with Crippen LogP contribution >= 0.6 is 0 Å². The summed E-state index contributed by atoms with van der Waals surface area (Å²) in [5.41, 5.74) is 0. The van der Waals surface area contributed by atoms with Gasteiger partial charge in [-0.1, -0.05) is 57.4 Å². The first-order chi connectivity index (χ1) is 9.63. The first kappa shape index (κ1) is 18.7. The summed E-state index contributed by atoms with van der Waals surface area (Å²) >= 11 is 0. The van der Waals surface area contributed by atoms with E-state index in [0.717, 1.165) is 32.1 Å². The van der Waals surface area contributed by atoms with Crippen molar-refractivity contribution in [3.05, 3.63) is 12.2 Å². The van der Waals surface area contributed by atoms with Crippen molar-refractivity contribution in [3.63, 3.8) is 0 Å². The van der Waals surface area contributed by atoms with Crippen LogP contribution in [0, 0.1) is 0 Å². The Morgan fingerprint density at radius 2 is 1.15 bits per heavy atom. The fourth-order valence-corrected chi connectivity index (χ4v) is 2.14. The van der Waals surface area contributed by atoms with Gasteiger partial charge in [-0.2, -0.15) is 0 Å². The third-order valence-electron chi connectivity index (χ3n) is 3.27. The van der Waals surface area contributed by atoms with Crippen molar-refractivity contribution in [2.45, 2.75) is 77.0 Å². The molecular weight excluding hydrogens is 256 g/mol. The van der Waals surface area contributed by atoms with E-state index >= 15 is 0 Å². The van der Waals surface area contributed by atoms with Crippen molar-refractivity contribution in [1.29, 1.82) is 0 Å². The summed E-state index contributed by atoms with van der Waals surface area (Å²) in [7, 11) is 0. The predicted molar refractivity (Wildman–Crippen MR) is 79.8 cm³/mol. The maximum atomic E-state index is 10.3. The van der Waals surface area contributed by atoms with E-state index in [-0.39, 0.29) is 0 Å². The summed E-state index contributed by atoms with van der Waals surface area (Å²) in [6.07, 6.45) is 15.5. The Morgan fingerprint density at radius 3 is 1.60 bits per heavy atom. The van der Waals surface area contributed by atoms with Gasteiger partial charge in [-0.3, -0.25) is 4.79 Å². The molecule has 0 aromatic heterocycles. The van der Waals surface area contributed by atoms with Crippen molar-refractivity contribution in [2.24, 2.45) is 0 Å². The van der Waals surface area contributed by atoms with E-state index < -0.39 is 11.9 Å². The van der Waals surface area contributed by atoms with Crippen LogP contribution in [0.25, 0.3) is 0 Å². The second-order valence-electron chi connectivity index (χ2n) is 5.21. The molecule has 0 aliphatic heterocycles. The number of carboxylic acid groups (broad SMARTS) is 2. The normalized spacial score (nSPS) is 11.0. The lowest BCUT2D eigenvalue weighted by atomic mass is 10.1. The summed E-state index contributed by atoms with van der Waals surface area (Å²) in [5, 5.41) is 16.9. The molecule has 0 rings (SSSR count). The van der Waals surface area contributed by atoms with E-state index in [2.05, 4.69) is 0 Å². The summed E-state index contributed by atoms with van der Waals surface area (Å²) in [4.78, 5) is 20.5. The van der Waals surface area contributed by atoms with Gasteiger partial charge in [-0.25, -0.2) is 4.79 Å². The summed E-state index contributed by atoms with van der Waals surface area (Å²) < 4.78 is 0.